The van der Waals surface area contributed by atoms with E-state index in [1.54, 1.807) is 13.1 Å². The predicted octanol–water partition coefficient (Wildman–Crippen LogP) is 5.73. The highest BCUT2D eigenvalue weighted by molar-refractivity contribution is 6.31. The summed E-state index contributed by atoms with van der Waals surface area (Å²) in [5, 5.41) is 12.7. The number of halogens is 1. The lowest BCUT2D eigenvalue weighted by atomic mass is 9.73. The molecule has 1 aromatic carbocycles. The molecule has 1 aromatic heterocycles. The Kier molecular flexibility index (Phi) is 10.3. The van der Waals surface area contributed by atoms with Crippen LogP contribution < -0.4 is 10.1 Å². The van der Waals surface area contributed by atoms with Crippen LogP contribution >= 0.6 is 11.6 Å². The Morgan fingerprint density at radius 1 is 1.27 bits per heavy atom. The van der Waals surface area contributed by atoms with E-state index in [0.29, 0.717) is 24.5 Å². The summed E-state index contributed by atoms with van der Waals surface area (Å²) >= 11 is 6.20. The van der Waals surface area contributed by atoms with Gasteiger partial charge in [-0.1, -0.05) is 31.9 Å². The number of likely N-dealkylation sites (tertiary alicyclic amines) is 1. The molecule has 7 nitrogen and oxygen atoms in total. The van der Waals surface area contributed by atoms with Gasteiger partial charge in [0.25, 0.3) is 0 Å². The van der Waals surface area contributed by atoms with Gasteiger partial charge in [0.15, 0.2) is 0 Å². The quantitative estimate of drug-likeness (QED) is 0.400. The molecule has 1 saturated heterocycles. The molecular weight excluding hydrogens is 526 g/mol. The van der Waals surface area contributed by atoms with Crippen LogP contribution in [-0.2, 0) is 21.4 Å². The summed E-state index contributed by atoms with van der Waals surface area (Å²) in [4.78, 5) is 30.8. The Morgan fingerprint density at radius 3 is 2.65 bits per heavy atom. The Bertz CT molecular complexity index is 1190. The van der Waals surface area contributed by atoms with Crippen molar-refractivity contribution < 1.29 is 19.4 Å². The average Bonchev–Trinajstić information content (AvgIpc) is 3.18. The highest BCUT2D eigenvalue weighted by Gasteiger charge is 2.48. The third-order valence-corrected chi connectivity index (χ3v) is 9.31. The number of aryl methyl sites for hydroxylation is 2. The van der Waals surface area contributed by atoms with Gasteiger partial charge in [-0.05, 0) is 106 Å². The highest BCUT2D eigenvalue weighted by Crippen LogP contribution is 2.45. The van der Waals surface area contributed by atoms with E-state index in [2.05, 4.69) is 29.0 Å². The zero-order valence-corrected chi connectivity index (χ0v) is 25.1. The van der Waals surface area contributed by atoms with Gasteiger partial charge in [-0.15, -0.1) is 0 Å². The fourth-order valence-corrected chi connectivity index (χ4v) is 6.13. The lowest BCUT2D eigenvalue weighted by Crippen LogP contribution is -2.47. The minimum absolute atomic E-state index is 0.0315. The maximum Gasteiger partial charge on any atom is 0.235 e. The molecule has 3 heterocycles. The number of hydrogen-bond acceptors (Lipinski definition) is 6. The van der Waals surface area contributed by atoms with E-state index in [4.69, 9.17) is 21.4 Å². The molecule has 40 heavy (non-hydrogen) atoms. The molecule has 1 atom stereocenters. The summed E-state index contributed by atoms with van der Waals surface area (Å²) < 4.78 is 5.94. The second-order valence-electron chi connectivity index (χ2n) is 11.8. The molecule has 0 radical (unpaired) electrons. The minimum Gasteiger partial charge on any atom is -0.491 e. The van der Waals surface area contributed by atoms with Crippen LogP contribution in [0.1, 0.15) is 76.1 Å². The van der Waals surface area contributed by atoms with E-state index in [0.717, 1.165) is 85.4 Å². The van der Waals surface area contributed by atoms with Gasteiger partial charge < -0.3 is 20.0 Å². The summed E-state index contributed by atoms with van der Waals surface area (Å²) in [6.45, 7) is 11.1. The number of nitrogens with zero attached hydrogens (tertiary/aromatic N) is 2. The van der Waals surface area contributed by atoms with Gasteiger partial charge in [0.2, 0.25) is 5.91 Å². The van der Waals surface area contributed by atoms with Crippen molar-refractivity contribution >= 4 is 29.0 Å². The number of ether oxygens (including phenoxy) is 1. The highest BCUT2D eigenvalue weighted by atomic mass is 35.5. The van der Waals surface area contributed by atoms with Crippen LogP contribution in [0.4, 0.5) is 5.69 Å². The Labute approximate surface area is 243 Å². The number of amides is 1. The predicted molar refractivity (Wildman–Crippen MR) is 159 cm³/mol. The smallest absolute Gasteiger partial charge is 0.235 e. The van der Waals surface area contributed by atoms with Crippen LogP contribution in [-0.4, -0.2) is 59.0 Å². The van der Waals surface area contributed by atoms with Crippen molar-refractivity contribution in [1.82, 2.24) is 9.88 Å². The summed E-state index contributed by atoms with van der Waals surface area (Å²) in [6.07, 6.45) is 7.88. The molecule has 2 fully saturated rings. The van der Waals surface area contributed by atoms with Gasteiger partial charge in [0.1, 0.15) is 18.1 Å². The van der Waals surface area contributed by atoms with Gasteiger partial charge >= 0.3 is 0 Å². The lowest BCUT2D eigenvalue weighted by molar-refractivity contribution is -0.122. The third-order valence-electron chi connectivity index (χ3n) is 9.08. The van der Waals surface area contributed by atoms with Crippen LogP contribution in [0.5, 0.6) is 5.75 Å². The number of rotatable bonds is 9. The van der Waals surface area contributed by atoms with Gasteiger partial charge in [-0.2, -0.15) is 0 Å². The number of carbonyl (C=O) groups is 2. The standard InChI is InChI=1S/C24H28ClN3O3.C8H16O/c1-16(29)3-4-18-13-20(15-26-17(18)2)31-12-11-28-9-7-24(8-10-28)21-14-19(25)5-6-22(21)27-23(24)30;1-3-6(2)7-4-8(9)5-7/h5-6,13-15H,3-4,7-12H2,1-2H3,(H,27,30);6-9H,3-5H2,1-2H3. The van der Waals surface area contributed by atoms with Crippen LogP contribution in [0.3, 0.4) is 0 Å². The molecule has 5 rings (SSSR count). The summed E-state index contributed by atoms with van der Waals surface area (Å²) in [7, 11) is 0. The van der Waals surface area contributed by atoms with E-state index in [9.17, 15) is 9.59 Å². The first-order valence-electron chi connectivity index (χ1n) is 14.7. The van der Waals surface area contributed by atoms with Gasteiger partial charge in [-0.25, -0.2) is 0 Å². The Hall–Kier alpha value is -2.48. The SMILES string of the molecule is CC(=O)CCc1cc(OCCN2CCC3(CC2)C(=O)Nc2ccc(Cl)cc23)cnc1C.CCC(C)C1CC(O)C1. The van der Waals surface area contributed by atoms with Crippen molar-refractivity contribution in [3.8, 4) is 5.75 Å². The molecule has 8 heteroatoms. The fraction of sp³-hybridized carbons (Fsp3) is 0.594. The first-order valence-corrected chi connectivity index (χ1v) is 15.1. The van der Waals surface area contributed by atoms with Crippen LogP contribution in [0.2, 0.25) is 5.02 Å². The monoisotopic (exact) mass is 569 g/mol. The average molecular weight is 570 g/mol. The largest absolute Gasteiger partial charge is 0.491 e. The topological polar surface area (TPSA) is 91.8 Å². The molecule has 0 bridgehead atoms. The number of Topliss-reactive ketones (excluding diaryl/α,β-unsaturated/α-hetero) is 1. The number of carbonyl (C=O) groups excluding carboxylic acids is 2. The fourth-order valence-electron chi connectivity index (χ4n) is 5.96. The third kappa shape index (κ3) is 7.23. The number of hydrogen-bond donors (Lipinski definition) is 2. The number of nitrogens with one attached hydrogen (secondary N) is 1. The molecular formula is C32H44ClN3O4. The summed E-state index contributed by atoms with van der Waals surface area (Å²) in [5.74, 6) is 2.65. The minimum atomic E-state index is -0.468. The zero-order valence-electron chi connectivity index (χ0n) is 24.3. The first-order chi connectivity index (χ1) is 19.1. The molecule has 218 valence electrons. The lowest BCUT2D eigenvalue weighted by Gasteiger charge is -2.37. The van der Waals surface area contributed by atoms with Crippen molar-refractivity contribution in [2.75, 3.05) is 31.6 Å². The van der Waals surface area contributed by atoms with E-state index in [-0.39, 0.29) is 17.8 Å². The van der Waals surface area contributed by atoms with Crippen LogP contribution in [0, 0.1) is 18.8 Å². The van der Waals surface area contributed by atoms with Crippen LogP contribution in [0.25, 0.3) is 0 Å². The van der Waals surface area contributed by atoms with E-state index in [1.165, 1.54) is 6.42 Å². The molecule has 1 spiro atoms. The number of aliphatic hydroxyl groups excluding tert-OH is 1. The van der Waals surface area contributed by atoms with Gasteiger partial charge in [-0.3, -0.25) is 14.7 Å². The molecule has 3 aliphatic rings. The van der Waals surface area contributed by atoms with Crippen molar-refractivity contribution in [3.05, 3.63) is 52.3 Å². The molecule has 1 unspecified atom stereocenters. The van der Waals surface area contributed by atoms with Gasteiger partial charge in [0, 0.05) is 29.4 Å². The number of aliphatic hydroxyl groups is 1. The second-order valence-corrected chi connectivity index (χ2v) is 12.2. The zero-order chi connectivity index (χ0) is 28.9. The normalized spacial score (nSPS) is 22.0. The number of fused-ring (bicyclic) bond motifs is 2. The maximum absolute atomic E-state index is 12.8. The van der Waals surface area contributed by atoms with E-state index < -0.39 is 5.41 Å². The molecule has 2 aliphatic heterocycles. The van der Waals surface area contributed by atoms with E-state index >= 15 is 0 Å². The Morgan fingerprint density at radius 2 is 2.00 bits per heavy atom. The molecule has 1 amide bonds. The van der Waals surface area contributed by atoms with Crippen LogP contribution in [0.15, 0.2) is 30.5 Å². The molecule has 1 aliphatic carbocycles. The summed E-state index contributed by atoms with van der Waals surface area (Å²) in [5.41, 5.74) is 3.44. The number of anilines is 1. The van der Waals surface area contributed by atoms with E-state index in [1.807, 2.05) is 31.2 Å². The Balaban J connectivity index is 0.000000350. The number of pyridine rings is 1. The number of aromatic nitrogens is 1. The molecule has 1 saturated carbocycles. The van der Waals surface area contributed by atoms with Crippen molar-refractivity contribution in [2.24, 2.45) is 11.8 Å². The maximum atomic E-state index is 12.8. The van der Waals surface area contributed by atoms with Crippen molar-refractivity contribution in [2.45, 2.75) is 84.2 Å². The number of ketones is 1. The van der Waals surface area contributed by atoms with Crippen molar-refractivity contribution in [3.63, 3.8) is 0 Å². The number of piperidine rings is 1. The second kappa shape index (κ2) is 13.5. The molecule has 2 N–H and O–H groups in total. The van der Waals surface area contributed by atoms with Crippen molar-refractivity contribution in [1.29, 1.82) is 0 Å². The summed E-state index contributed by atoms with van der Waals surface area (Å²) in [6, 6.07) is 7.63. The first kappa shape index (κ1) is 30.5. The van der Waals surface area contributed by atoms with Gasteiger partial charge in [0.05, 0.1) is 17.7 Å². The number of benzene rings is 1. The molecule has 2 aromatic rings.